The zero-order valence-corrected chi connectivity index (χ0v) is 18.1. The summed E-state index contributed by atoms with van der Waals surface area (Å²) >= 11 is 7.09. The Labute approximate surface area is 183 Å². The molecule has 6 nitrogen and oxygen atoms in total. The van der Waals surface area contributed by atoms with E-state index in [9.17, 15) is 17.6 Å². The Morgan fingerprint density at radius 1 is 1.23 bits per heavy atom. The molecule has 2 aromatic carbocycles. The molecule has 0 saturated carbocycles. The fraction of sp³-hybridized carbons (Fsp3) is 0.300. The van der Waals surface area contributed by atoms with Gasteiger partial charge in [0.15, 0.2) is 15.0 Å². The largest absolute Gasteiger partial charge is 0.460 e. The first-order chi connectivity index (χ1) is 14.3. The molecule has 2 aliphatic heterocycles. The van der Waals surface area contributed by atoms with E-state index in [1.165, 1.54) is 30.0 Å². The Hall–Kier alpha value is -2.10. The topological polar surface area (TPSA) is 76.0 Å². The first-order valence-corrected chi connectivity index (χ1v) is 12.4. The van der Waals surface area contributed by atoms with Gasteiger partial charge in [-0.1, -0.05) is 53.7 Å². The van der Waals surface area contributed by atoms with Crippen molar-refractivity contribution in [2.75, 3.05) is 22.2 Å². The lowest BCUT2D eigenvalue weighted by Gasteiger charge is -2.26. The number of sulfone groups is 1. The lowest BCUT2D eigenvalue weighted by molar-refractivity contribution is -0.141. The third-order valence-corrected chi connectivity index (χ3v) is 7.78. The van der Waals surface area contributed by atoms with Crippen molar-refractivity contribution >= 4 is 50.0 Å². The fourth-order valence-electron chi connectivity index (χ4n) is 3.47. The van der Waals surface area contributed by atoms with E-state index >= 15 is 0 Å². The number of halogens is 2. The number of aliphatic imine (C=N–C) groups is 1. The van der Waals surface area contributed by atoms with Gasteiger partial charge < -0.3 is 9.64 Å². The lowest BCUT2D eigenvalue weighted by atomic mass is 10.1. The van der Waals surface area contributed by atoms with Crippen molar-refractivity contribution in [1.29, 1.82) is 0 Å². The van der Waals surface area contributed by atoms with Crippen LogP contribution in [-0.4, -0.2) is 48.9 Å². The number of hydrogen-bond acceptors (Lipinski definition) is 7. The Bertz CT molecular complexity index is 1100. The highest BCUT2D eigenvalue weighted by Gasteiger charge is 2.47. The molecule has 158 valence electrons. The van der Waals surface area contributed by atoms with Crippen molar-refractivity contribution in [3.05, 3.63) is 64.9 Å². The van der Waals surface area contributed by atoms with Gasteiger partial charge in [-0.3, -0.25) is 9.79 Å². The smallest absolute Gasteiger partial charge is 0.316 e. The quantitative estimate of drug-likeness (QED) is 0.627. The normalized spacial score (nSPS) is 21.9. The molecule has 1 saturated heterocycles. The second kappa shape index (κ2) is 8.56. The van der Waals surface area contributed by atoms with E-state index in [0.717, 1.165) is 5.56 Å². The van der Waals surface area contributed by atoms with Gasteiger partial charge in [0, 0.05) is 5.69 Å². The predicted octanol–water partition coefficient (Wildman–Crippen LogP) is 3.30. The van der Waals surface area contributed by atoms with E-state index < -0.39 is 33.7 Å². The van der Waals surface area contributed by atoms with Crippen molar-refractivity contribution in [3.63, 3.8) is 0 Å². The van der Waals surface area contributed by atoms with Crippen LogP contribution in [0.15, 0.2) is 53.5 Å². The number of carbonyl (C=O) groups is 1. The molecule has 30 heavy (non-hydrogen) atoms. The van der Waals surface area contributed by atoms with Crippen LogP contribution >= 0.6 is 23.4 Å². The van der Waals surface area contributed by atoms with Crippen LogP contribution in [-0.2, 0) is 26.0 Å². The molecular weight excluding hydrogens is 451 g/mol. The number of hydrogen-bond donors (Lipinski definition) is 0. The zero-order valence-electron chi connectivity index (χ0n) is 15.7. The molecule has 4 rings (SSSR count). The first-order valence-electron chi connectivity index (χ1n) is 9.17. The number of carbonyl (C=O) groups excluding carboxylic acids is 1. The van der Waals surface area contributed by atoms with Crippen LogP contribution in [0.3, 0.4) is 0 Å². The van der Waals surface area contributed by atoms with Gasteiger partial charge in [-0.05, 0) is 23.8 Å². The summed E-state index contributed by atoms with van der Waals surface area (Å²) in [5.74, 6) is -1.06. The number of esters is 1. The molecule has 0 bridgehead atoms. The third-order valence-electron chi connectivity index (χ3n) is 4.85. The maximum Gasteiger partial charge on any atom is 0.316 e. The maximum absolute atomic E-state index is 13.6. The molecule has 0 unspecified atom stereocenters. The van der Waals surface area contributed by atoms with E-state index in [2.05, 4.69) is 4.99 Å². The Morgan fingerprint density at radius 3 is 2.73 bits per heavy atom. The van der Waals surface area contributed by atoms with Gasteiger partial charge in [-0.2, -0.15) is 0 Å². The number of nitrogens with zero attached hydrogens (tertiary/aromatic N) is 2. The van der Waals surface area contributed by atoms with Crippen LogP contribution in [0, 0.1) is 5.82 Å². The molecule has 0 aromatic heterocycles. The molecule has 0 aliphatic carbocycles. The van der Waals surface area contributed by atoms with Gasteiger partial charge in [0.05, 0.1) is 34.4 Å². The van der Waals surface area contributed by atoms with Crippen molar-refractivity contribution < 1.29 is 22.3 Å². The van der Waals surface area contributed by atoms with Crippen molar-refractivity contribution in [3.8, 4) is 0 Å². The second-order valence-electron chi connectivity index (χ2n) is 7.03. The Balaban J connectivity index is 1.47. The summed E-state index contributed by atoms with van der Waals surface area (Å²) in [6.07, 6.45) is 0. The SMILES string of the molecule is O=C(CSC1=N[C@@H]2CS(=O)(=O)C[C@H]2N1c1ccc(F)c(Cl)c1)OCc1ccccc1. The van der Waals surface area contributed by atoms with Gasteiger partial charge in [0.25, 0.3) is 0 Å². The molecule has 0 amide bonds. The summed E-state index contributed by atoms with van der Waals surface area (Å²) in [7, 11) is -3.22. The van der Waals surface area contributed by atoms with E-state index in [-0.39, 0.29) is 28.9 Å². The van der Waals surface area contributed by atoms with Crippen molar-refractivity contribution in [2.24, 2.45) is 4.99 Å². The van der Waals surface area contributed by atoms with Crippen molar-refractivity contribution in [1.82, 2.24) is 0 Å². The summed E-state index contributed by atoms with van der Waals surface area (Å²) in [5.41, 5.74) is 1.42. The lowest BCUT2D eigenvalue weighted by Crippen LogP contribution is -2.39. The molecule has 10 heteroatoms. The number of rotatable bonds is 5. The average molecular weight is 469 g/mol. The van der Waals surface area contributed by atoms with Crippen LogP contribution in [0.25, 0.3) is 0 Å². The third kappa shape index (κ3) is 4.63. The monoisotopic (exact) mass is 468 g/mol. The summed E-state index contributed by atoms with van der Waals surface area (Å²) in [5, 5.41) is 0.433. The Morgan fingerprint density at radius 2 is 2.00 bits per heavy atom. The summed E-state index contributed by atoms with van der Waals surface area (Å²) < 4.78 is 43.0. The minimum Gasteiger partial charge on any atom is -0.460 e. The van der Waals surface area contributed by atoms with Gasteiger partial charge in [0.1, 0.15) is 12.4 Å². The van der Waals surface area contributed by atoms with Crippen LogP contribution in [0.5, 0.6) is 0 Å². The molecule has 2 heterocycles. The highest BCUT2D eigenvalue weighted by Crippen LogP contribution is 2.36. The molecule has 0 radical (unpaired) electrons. The molecule has 1 fully saturated rings. The number of ether oxygens (including phenoxy) is 1. The number of anilines is 1. The minimum atomic E-state index is -3.22. The molecular formula is C20H18ClFN2O4S2. The van der Waals surface area contributed by atoms with Gasteiger partial charge >= 0.3 is 5.97 Å². The molecule has 2 aliphatic rings. The predicted molar refractivity (Wildman–Crippen MR) is 116 cm³/mol. The fourth-order valence-corrected chi connectivity index (χ4v) is 6.41. The minimum absolute atomic E-state index is 0.0171. The highest BCUT2D eigenvalue weighted by atomic mass is 35.5. The Kier molecular flexibility index (Phi) is 6.04. The standard InChI is InChI=1S/C20H18ClFN2O4S2/c21-15-8-14(6-7-16(15)22)24-18-12-30(26,27)11-17(18)23-20(24)29-10-19(25)28-9-13-4-2-1-3-5-13/h1-8,17-18H,9-12H2/t17-,18-/m1/s1. The highest BCUT2D eigenvalue weighted by molar-refractivity contribution is 8.14. The van der Waals surface area contributed by atoms with Crippen LogP contribution < -0.4 is 4.90 Å². The van der Waals surface area contributed by atoms with E-state index in [1.54, 1.807) is 4.90 Å². The molecule has 0 N–H and O–H groups in total. The van der Waals surface area contributed by atoms with E-state index in [4.69, 9.17) is 16.3 Å². The molecule has 2 aromatic rings. The van der Waals surface area contributed by atoms with Gasteiger partial charge in [0.2, 0.25) is 0 Å². The summed E-state index contributed by atoms with van der Waals surface area (Å²) in [4.78, 5) is 18.4. The average Bonchev–Trinajstić information content (AvgIpc) is 3.18. The number of amidine groups is 1. The molecule has 2 atom stereocenters. The van der Waals surface area contributed by atoms with Crippen LogP contribution in [0.4, 0.5) is 10.1 Å². The maximum atomic E-state index is 13.6. The van der Waals surface area contributed by atoms with Gasteiger partial charge in [-0.15, -0.1) is 0 Å². The van der Waals surface area contributed by atoms with E-state index in [1.807, 2.05) is 30.3 Å². The first kappa shape index (κ1) is 21.1. The van der Waals surface area contributed by atoms with Gasteiger partial charge in [-0.25, -0.2) is 12.8 Å². The molecule has 0 spiro atoms. The van der Waals surface area contributed by atoms with E-state index in [0.29, 0.717) is 10.9 Å². The number of benzene rings is 2. The number of thioether (sulfide) groups is 1. The summed E-state index contributed by atoms with van der Waals surface area (Å²) in [6, 6.07) is 12.7. The summed E-state index contributed by atoms with van der Waals surface area (Å²) in [6.45, 7) is 0.174. The zero-order chi connectivity index (χ0) is 21.3. The van der Waals surface area contributed by atoms with Crippen LogP contribution in [0.1, 0.15) is 5.56 Å². The van der Waals surface area contributed by atoms with Crippen LogP contribution in [0.2, 0.25) is 5.02 Å². The second-order valence-corrected chi connectivity index (χ2v) is 10.5. The van der Waals surface area contributed by atoms with Crippen molar-refractivity contribution in [2.45, 2.75) is 18.7 Å². The number of fused-ring (bicyclic) bond motifs is 1.